The summed E-state index contributed by atoms with van der Waals surface area (Å²) in [7, 11) is 0. The van der Waals surface area contributed by atoms with Crippen LogP contribution in [0.1, 0.15) is 113 Å². The number of ketones is 1. The molecule has 31 heavy (non-hydrogen) atoms. The van der Waals surface area contributed by atoms with Crippen LogP contribution in [0.3, 0.4) is 0 Å². The van der Waals surface area contributed by atoms with Gasteiger partial charge in [0.2, 0.25) is 0 Å². The minimum atomic E-state index is -0.309. The SMILES string of the molecule is CC(=O)[C@@H]1C[C@@H](O)[C@@]2(C)C1CC[C@]1(C)C2CCC2[C@@]3(C)CCCC(C)(C)C3CC[C@]21C. The first-order valence-electron chi connectivity index (χ1n) is 13.5. The molecule has 5 aliphatic carbocycles. The largest absolute Gasteiger partial charge is 0.393 e. The van der Waals surface area contributed by atoms with E-state index in [0.717, 1.165) is 18.3 Å². The van der Waals surface area contributed by atoms with E-state index in [-0.39, 0.29) is 22.9 Å². The molecule has 0 aliphatic heterocycles. The third-order valence-electron chi connectivity index (χ3n) is 13.3. The van der Waals surface area contributed by atoms with E-state index in [2.05, 4.69) is 41.5 Å². The fourth-order valence-electron chi connectivity index (χ4n) is 11.7. The van der Waals surface area contributed by atoms with Crippen LogP contribution in [0, 0.1) is 56.7 Å². The summed E-state index contributed by atoms with van der Waals surface area (Å²) in [5.74, 6) is 3.01. The Hall–Kier alpha value is -0.370. The first-order chi connectivity index (χ1) is 14.3. The van der Waals surface area contributed by atoms with Crippen molar-refractivity contribution in [2.24, 2.45) is 56.7 Å². The second kappa shape index (κ2) is 6.61. The van der Waals surface area contributed by atoms with Crippen LogP contribution < -0.4 is 0 Å². The normalized spacial score (nSPS) is 57.9. The van der Waals surface area contributed by atoms with Gasteiger partial charge in [-0.15, -0.1) is 0 Å². The van der Waals surface area contributed by atoms with Crippen LogP contribution in [0.15, 0.2) is 0 Å². The topological polar surface area (TPSA) is 37.3 Å². The molecule has 0 amide bonds. The number of Topliss-reactive ketones (excluding diaryl/α,β-unsaturated/α-hetero) is 1. The van der Waals surface area contributed by atoms with Crippen molar-refractivity contribution in [3.05, 3.63) is 0 Å². The lowest BCUT2D eigenvalue weighted by atomic mass is 9.32. The van der Waals surface area contributed by atoms with E-state index in [1.54, 1.807) is 6.92 Å². The van der Waals surface area contributed by atoms with E-state index >= 15 is 0 Å². The van der Waals surface area contributed by atoms with E-state index in [9.17, 15) is 9.90 Å². The molecule has 1 N–H and O–H groups in total. The highest BCUT2D eigenvalue weighted by molar-refractivity contribution is 5.79. The molecule has 10 atom stereocenters. The van der Waals surface area contributed by atoms with Gasteiger partial charge in [-0.05, 0) is 110 Å². The Bertz CT molecular complexity index is 771. The third kappa shape index (κ3) is 2.58. The highest BCUT2D eigenvalue weighted by Crippen LogP contribution is 2.77. The van der Waals surface area contributed by atoms with Crippen LogP contribution in [-0.4, -0.2) is 17.0 Å². The monoisotopic (exact) mass is 428 g/mol. The van der Waals surface area contributed by atoms with E-state index < -0.39 is 0 Å². The highest BCUT2D eigenvalue weighted by Gasteiger charge is 2.71. The van der Waals surface area contributed by atoms with Crippen molar-refractivity contribution in [3.63, 3.8) is 0 Å². The Morgan fingerprint density at radius 3 is 2.06 bits per heavy atom. The van der Waals surface area contributed by atoms with Crippen molar-refractivity contribution in [1.82, 2.24) is 0 Å². The molecule has 5 rings (SSSR count). The molecule has 0 aromatic carbocycles. The summed E-state index contributed by atoms with van der Waals surface area (Å²) in [5, 5.41) is 11.4. The molecule has 176 valence electrons. The van der Waals surface area contributed by atoms with Gasteiger partial charge in [0.15, 0.2) is 0 Å². The van der Waals surface area contributed by atoms with Crippen LogP contribution in [0.4, 0.5) is 0 Å². The maximum atomic E-state index is 12.5. The fourth-order valence-corrected chi connectivity index (χ4v) is 11.7. The molecule has 0 radical (unpaired) electrons. The number of fused-ring (bicyclic) bond motifs is 7. The van der Waals surface area contributed by atoms with Gasteiger partial charge in [-0.2, -0.15) is 0 Å². The average Bonchev–Trinajstić information content (AvgIpc) is 2.93. The number of rotatable bonds is 1. The number of hydrogen-bond donors (Lipinski definition) is 1. The van der Waals surface area contributed by atoms with Crippen molar-refractivity contribution in [2.45, 2.75) is 119 Å². The van der Waals surface area contributed by atoms with Gasteiger partial charge >= 0.3 is 0 Å². The van der Waals surface area contributed by atoms with Crippen molar-refractivity contribution >= 4 is 5.78 Å². The van der Waals surface area contributed by atoms with E-state index in [4.69, 9.17) is 0 Å². The summed E-state index contributed by atoms with van der Waals surface area (Å²) in [5.41, 5.74) is 1.50. The van der Waals surface area contributed by atoms with Crippen molar-refractivity contribution in [3.8, 4) is 0 Å². The molecule has 0 saturated heterocycles. The van der Waals surface area contributed by atoms with Crippen LogP contribution in [-0.2, 0) is 4.79 Å². The van der Waals surface area contributed by atoms with Gasteiger partial charge in [0.1, 0.15) is 5.78 Å². The molecule has 5 fully saturated rings. The maximum Gasteiger partial charge on any atom is 0.133 e. The van der Waals surface area contributed by atoms with Gasteiger partial charge in [-0.3, -0.25) is 4.79 Å². The molecule has 2 heteroatoms. The molecule has 2 nitrogen and oxygen atoms in total. The molecule has 0 aromatic rings. The van der Waals surface area contributed by atoms with E-state index in [1.165, 1.54) is 51.4 Å². The lowest BCUT2D eigenvalue weighted by molar-refractivity contribution is -0.249. The van der Waals surface area contributed by atoms with Crippen LogP contribution >= 0.6 is 0 Å². The predicted molar refractivity (Wildman–Crippen MR) is 127 cm³/mol. The minimum Gasteiger partial charge on any atom is -0.393 e. The zero-order chi connectivity index (χ0) is 22.6. The molecule has 5 aliphatic rings. The van der Waals surface area contributed by atoms with Crippen molar-refractivity contribution < 1.29 is 9.90 Å². The fraction of sp³-hybridized carbons (Fsp3) is 0.966. The minimum absolute atomic E-state index is 0.0824. The lowest BCUT2D eigenvalue weighted by Gasteiger charge is -2.73. The molecular weight excluding hydrogens is 380 g/mol. The number of carbonyl (C=O) groups is 1. The van der Waals surface area contributed by atoms with Gasteiger partial charge in [-0.25, -0.2) is 0 Å². The molecule has 4 unspecified atom stereocenters. The second-order valence-corrected chi connectivity index (χ2v) is 14.4. The Morgan fingerprint density at radius 2 is 1.39 bits per heavy atom. The predicted octanol–water partition coefficient (Wildman–Crippen LogP) is 7.04. The molecule has 0 aromatic heterocycles. The molecular formula is C29H48O2. The third-order valence-corrected chi connectivity index (χ3v) is 13.3. The summed E-state index contributed by atoms with van der Waals surface area (Å²) >= 11 is 0. The van der Waals surface area contributed by atoms with Crippen molar-refractivity contribution in [1.29, 1.82) is 0 Å². The van der Waals surface area contributed by atoms with E-state index in [1.807, 2.05) is 0 Å². The number of carbonyl (C=O) groups excluding carboxylic acids is 1. The first-order valence-corrected chi connectivity index (χ1v) is 13.5. The Kier molecular flexibility index (Phi) is 4.78. The maximum absolute atomic E-state index is 12.5. The smallest absolute Gasteiger partial charge is 0.133 e. The van der Waals surface area contributed by atoms with E-state index in [0.29, 0.717) is 40.3 Å². The quantitative estimate of drug-likeness (QED) is 0.486. The summed E-state index contributed by atoms with van der Waals surface area (Å²) in [6, 6.07) is 0. The summed E-state index contributed by atoms with van der Waals surface area (Å²) in [6.45, 7) is 17.2. The van der Waals surface area contributed by atoms with Gasteiger partial charge in [0.25, 0.3) is 0 Å². The van der Waals surface area contributed by atoms with Crippen LogP contribution in [0.25, 0.3) is 0 Å². The van der Waals surface area contributed by atoms with Crippen LogP contribution in [0.5, 0.6) is 0 Å². The number of hydrogen-bond acceptors (Lipinski definition) is 2. The zero-order valence-corrected chi connectivity index (χ0v) is 21.4. The Balaban J connectivity index is 1.55. The van der Waals surface area contributed by atoms with Gasteiger partial charge < -0.3 is 5.11 Å². The highest BCUT2D eigenvalue weighted by atomic mass is 16.3. The second-order valence-electron chi connectivity index (χ2n) is 14.4. The summed E-state index contributed by atoms with van der Waals surface area (Å²) in [6.07, 6.45) is 12.3. The molecule has 5 saturated carbocycles. The standard InChI is InChI=1S/C29H48O2/c1-18(30)19-17-24(31)29(7)20(19)11-15-28(6)23(29)10-9-22-26(4)14-8-13-25(2,3)21(26)12-16-27(22,28)5/h19-24,31H,8-17H2,1-7H3/t19-,20?,21?,22?,23?,24+,26-,27+,28+,29-/m0/s1. The molecule has 0 heterocycles. The Labute approximate surface area is 191 Å². The number of aliphatic hydroxyl groups is 1. The zero-order valence-electron chi connectivity index (χ0n) is 21.4. The van der Waals surface area contributed by atoms with Crippen molar-refractivity contribution in [2.75, 3.05) is 0 Å². The summed E-state index contributed by atoms with van der Waals surface area (Å²) in [4.78, 5) is 12.5. The van der Waals surface area contributed by atoms with Gasteiger partial charge in [0.05, 0.1) is 6.10 Å². The lowest BCUT2D eigenvalue weighted by Crippen LogP contribution is -2.66. The Morgan fingerprint density at radius 1 is 0.774 bits per heavy atom. The first kappa shape index (κ1) is 22.4. The summed E-state index contributed by atoms with van der Waals surface area (Å²) < 4.78 is 0. The average molecular weight is 429 g/mol. The molecule has 0 spiro atoms. The van der Waals surface area contributed by atoms with Gasteiger partial charge in [0, 0.05) is 11.3 Å². The van der Waals surface area contributed by atoms with Gasteiger partial charge in [-0.1, -0.05) is 48.0 Å². The molecule has 0 bridgehead atoms. The number of aliphatic hydroxyl groups excluding tert-OH is 1. The van der Waals surface area contributed by atoms with Crippen LogP contribution in [0.2, 0.25) is 0 Å².